The monoisotopic (exact) mass is 558 g/mol. The first-order valence-electron chi connectivity index (χ1n) is 13.4. The zero-order valence-corrected chi connectivity index (χ0v) is 22.4. The first-order valence-corrected chi connectivity index (χ1v) is 13.4. The Balaban J connectivity index is 1.28. The van der Waals surface area contributed by atoms with Crippen molar-refractivity contribution in [3.05, 3.63) is 124 Å². The van der Waals surface area contributed by atoms with E-state index in [0.717, 1.165) is 53.9 Å². The first-order chi connectivity index (χ1) is 19.6. The zero-order chi connectivity index (χ0) is 29.1. The molecule has 0 aliphatic carbocycles. The third-order valence-corrected chi connectivity index (χ3v) is 7.41. The van der Waals surface area contributed by atoms with Gasteiger partial charge in [0, 0.05) is 24.3 Å². The van der Waals surface area contributed by atoms with Crippen LogP contribution < -0.4 is 10.2 Å². The SMILES string of the molecule is C[C@H](NC(=O)c1ccc2c(c1)CCCN2Cc1ccc(-c2ccccc2C(=O)O)cc1)c1cccc(C(F)(F)F)c1. The summed E-state index contributed by atoms with van der Waals surface area (Å²) in [4.78, 5) is 26.9. The second-order valence-electron chi connectivity index (χ2n) is 10.2. The minimum Gasteiger partial charge on any atom is -0.478 e. The molecule has 0 fully saturated rings. The smallest absolute Gasteiger partial charge is 0.416 e. The molecule has 0 radical (unpaired) electrons. The van der Waals surface area contributed by atoms with Crippen molar-refractivity contribution in [2.45, 2.75) is 38.5 Å². The standard InChI is InChI=1S/C33H29F3N2O3/c1-21(24-6-4-8-27(19-24)33(34,35)36)37-31(39)26-15-16-30-25(18-26)7-5-17-38(30)20-22-11-13-23(14-12-22)28-9-2-3-10-29(28)32(40)41/h2-4,6,8-16,18-19,21H,5,7,17,20H2,1H3,(H,37,39)(H,40,41)/t21-/m0/s1. The van der Waals surface area contributed by atoms with Crippen LogP contribution in [-0.2, 0) is 19.1 Å². The van der Waals surface area contributed by atoms with Crippen LogP contribution in [0, 0.1) is 0 Å². The molecule has 41 heavy (non-hydrogen) atoms. The number of carbonyl (C=O) groups is 2. The summed E-state index contributed by atoms with van der Waals surface area (Å²) >= 11 is 0. The molecule has 2 N–H and O–H groups in total. The number of anilines is 1. The van der Waals surface area contributed by atoms with Gasteiger partial charge in [-0.2, -0.15) is 13.2 Å². The molecular formula is C33H29F3N2O3. The highest BCUT2D eigenvalue weighted by Crippen LogP contribution is 2.32. The fourth-order valence-corrected chi connectivity index (χ4v) is 5.26. The minimum absolute atomic E-state index is 0.259. The van der Waals surface area contributed by atoms with Crippen LogP contribution in [0.25, 0.3) is 11.1 Å². The van der Waals surface area contributed by atoms with Crippen molar-refractivity contribution in [2.24, 2.45) is 0 Å². The van der Waals surface area contributed by atoms with Gasteiger partial charge in [-0.25, -0.2) is 4.79 Å². The number of rotatable bonds is 7. The maximum atomic E-state index is 13.1. The summed E-state index contributed by atoms with van der Waals surface area (Å²) in [6, 6.07) is 24.7. The molecule has 0 bridgehead atoms. The van der Waals surface area contributed by atoms with E-state index in [0.29, 0.717) is 23.2 Å². The van der Waals surface area contributed by atoms with Gasteiger partial charge in [-0.15, -0.1) is 0 Å². The Morgan fingerprint density at radius 1 is 0.951 bits per heavy atom. The number of alkyl halides is 3. The van der Waals surface area contributed by atoms with Gasteiger partial charge in [0.05, 0.1) is 17.2 Å². The maximum absolute atomic E-state index is 13.1. The Kier molecular flexibility index (Phi) is 7.83. The quantitative estimate of drug-likeness (QED) is 0.246. The number of carboxylic acids is 1. The molecular weight excluding hydrogens is 529 g/mol. The lowest BCUT2D eigenvalue weighted by molar-refractivity contribution is -0.137. The van der Waals surface area contributed by atoms with E-state index >= 15 is 0 Å². The minimum atomic E-state index is -4.45. The number of aryl methyl sites for hydroxylation is 1. The Morgan fingerprint density at radius 2 is 1.71 bits per heavy atom. The Labute approximate surface area is 236 Å². The van der Waals surface area contributed by atoms with E-state index in [2.05, 4.69) is 10.2 Å². The average Bonchev–Trinajstić information content (AvgIpc) is 2.97. The highest BCUT2D eigenvalue weighted by molar-refractivity contribution is 5.96. The van der Waals surface area contributed by atoms with E-state index in [1.165, 1.54) is 6.07 Å². The number of nitrogens with zero attached hydrogens (tertiary/aromatic N) is 1. The van der Waals surface area contributed by atoms with Gasteiger partial charge in [-0.05, 0) is 84.0 Å². The number of hydrogen-bond acceptors (Lipinski definition) is 3. The maximum Gasteiger partial charge on any atom is 0.416 e. The fourth-order valence-electron chi connectivity index (χ4n) is 5.26. The first kappa shape index (κ1) is 28.0. The number of nitrogens with one attached hydrogen (secondary N) is 1. The van der Waals surface area contributed by atoms with Crippen molar-refractivity contribution < 1.29 is 27.9 Å². The molecule has 1 heterocycles. The van der Waals surface area contributed by atoms with E-state index in [9.17, 15) is 27.9 Å². The van der Waals surface area contributed by atoms with Crippen LogP contribution in [0.2, 0.25) is 0 Å². The van der Waals surface area contributed by atoms with E-state index in [1.54, 1.807) is 37.3 Å². The normalized spacial score (nSPS) is 13.8. The molecule has 0 spiro atoms. The van der Waals surface area contributed by atoms with Crippen LogP contribution in [-0.4, -0.2) is 23.5 Å². The van der Waals surface area contributed by atoms with Crippen LogP contribution in [0.5, 0.6) is 0 Å². The fraction of sp³-hybridized carbons (Fsp3) is 0.212. The summed E-state index contributed by atoms with van der Waals surface area (Å²) in [5.74, 6) is -1.31. The van der Waals surface area contributed by atoms with Gasteiger partial charge in [0.2, 0.25) is 0 Å². The van der Waals surface area contributed by atoms with E-state index in [1.807, 2.05) is 42.5 Å². The molecule has 0 aromatic heterocycles. The van der Waals surface area contributed by atoms with Gasteiger partial charge < -0.3 is 15.3 Å². The van der Waals surface area contributed by atoms with E-state index in [4.69, 9.17) is 0 Å². The molecule has 0 saturated heterocycles. The van der Waals surface area contributed by atoms with E-state index in [-0.39, 0.29) is 11.5 Å². The lowest BCUT2D eigenvalue weighted by Crippen LogP contribution is -2.30. The Morgan fingerprint density at radius 3 is 2.44 bits per heavy atom. The third-order valence-electron chi connectivity index (χ3n) is 7.41. The molecule has 8 heteroatoms. The largest absolute Gasteiger partial charge is 0.478 e. The lowest BCUT2D eigenvalue weighted by atomic mass is 9.97. The summed E-state index contributed by atoms with van der Waals surface area (Å²) in [6.07, 6.45) is -2.71. The number of benzene rings is 4. The second kappa shape index (κ2) is 11.5. The number of hydrogen-bond donors (Lipinski definition) is 2. The Bertz CT molecular complexity index is 1580. The summed E-state index contributed by atoms with van der Waals surface area (Å²) in [5, 5.41) is 12.3. The van der Waals surface area contributed by atoms with E-state index < -0.39 is 23.8 Å². The number of halogens is 3. The molecule has 4 aromatic rings. The summed E-state index contributed by atoms with van der Waals surface area (Å²) < 4.78 is 39.3. The highest BCUT2D eigenvalue weighted by Gasteiger charge is 2.31. The molecule has 1 atom stereocenters. The van der Waals surface area contributed by atoms with Crippen molar-refractivity contribution >= 4 is 17.6 Å². The molecule has 5 nitrogen and oxygen atoms in total. The summed E-state index contributed by atoms with van der Waals surface area (Å²) in [7, 11) is 0. The molecule has 5 rings (SSSR count). The van der Waals surface area contributed by atoms with Crippen LogP contribution in [0.4, 0.5) is 18.9 Å². The third kappa shape index (κ3) is 6.27. The van der Waals surface area contributed by atoms with Crippen molar-refractivity contribution in [1.82, 2.24) is 5.32 Å². The number of carbonyl (C=O) groups excluding carboxylic acids is 1. The second-order valence-corrected chi connectivity index (χ2v) is 10.2. The molecule has 1 aliphatic heterocycles. The molecule has 0 saturated carbocycles. The predicted octanol–water partition coefficient (Wildman–Crippen LogP) is 7.51. The Hall–Kier alpha value is -4.59. The van der Waals surface area contributed by atoms with Gasteiger partial charge in [0.1, 0.15) is 0 Å². The van der Waals surface area contributed by atoms with Crippen molar-refractivity contribution in [2.75, 3.05) is 11.4 Å². The molecule has 1 amide bonds. The van der Waals surface area contributed by atoms with Crippen LogP contribution in [0.1, 0.15) is 62.4 Å². The molecule has 1 aliphatic rings. The van der Waals surface area contributed by atoms with Gasteiger partial charge in [0.25, 0.3) is 5.91 Å². The highest BCUT2D eigenvalue weighted by atomic mass is 19.4. The average molecular weight is 559 g/mol. The van der Waals surface area contributed by atoms with Gasteiger partial charge >= 0.3 is 12.1 Å². The number of amides is 1. The van der Waals surface area contributed by atoms with Crippen LogP contribution in [0.15, 0.2) is 91.0 Å². The number of aromatic carboxylic acids is 1. The number of fused-ring (bicyclic) bond motifs is 1. The molecule has 210 valence electrons. The van der Waals surface area contributed by atoms with Crippen molar-refractivity contribution in [3.63, 3.8) is 0 Å². The van der Waals surface area contributed by atoms with Gasteiger partial charge in [0.15, 0.2) is 0 Å². The van der Waals surface area contributed by atoms with Crippen LogP contribution in [0.3, 0.4) is 0 Å². The lowest BCUT2D eigenvalue weighted by Gasteiger charge is -2.32. The topological polar surface area (TPSA) is 69.6 Å². The number of carboxylic acid groups (broad SMARTS) is 1. The molecule has 4 aromatic carbocycles. The summed E-state index contributed by atoms with van der Waals surface area (Å²) in [5.41, 5.74) is 5.02. The van der Waals surface area contributed by atoms with Crippen molar-refractivity contribution in [1.29, 1.82) is 0 Å². The zero-order valence-electron chi connectivity index (χ0n) is 22.4. The van der Waals surface area contributed by atoms with Crippen LogP contribution >= 0.6 is 0 Å². The summed E-state index contributed by atoms with van der Waals surface area (Å²) in [6.45, 7) is 3.18. The molecule has 0 unspecified atom stereocenters. The predicted molar refractivity (Wildman–Crippen MR) is 152 cm³/mol. The van der Waals surface area contributed by atoms with Gasteiger partial charge in [-0.1, -0.05) is 54.6 Å². The van der Waals surface area contributed by atoms with Crippen molar-refractivity contribution in [3.8, 4) is 11.1 Å². The van der Waals surface area contributed by atoms with Gasteiger partial charge in [-0.3, -0.25) is 4.79 Å².